The molecule has 0 saturated heterocycles. The van der Waals surface area contributed by atoms with Crippen molar-refractivity contribution in [2.24, 2.45) is 7.05 Å². The van der Waals surface area contributed by atoms with E-state index in [9.17, 15) is 23.4 Å². The molecular weight excluding hydrogens is 522 g/mol. The van der Waals surface area contributed by atoms with Gasteiger partial charge in [-0.2, -0.15) is 4.31 Å². The number of aryl methyl sites for hydroxylation is 3. The van der Waals surface area contributed by atoms with Crippen molar-refractivity contribution >= 4 is 27.0 Å². The van der Waals surface area contributed by atoms with Crippen molar-refractivity contribution in [2.75, 3.05) is 20.3 Å². The fourth-order valence-corrected chi connectivity index (χ4v) is 6.25. The number of aliphatic hydroxyl groups excluding tert-OH is 1. The van der Waals surface area contributed by atoms with Crippen LogP contribution in [0.15, 0.2) is 53.6 Å². The molecule has 4 rings (SSSR count). The molecule has 2 heterocycles. The van der Waals surface area contributed by atoms with Crippen molar-refractivity contribution in [3.05, 3.63) is 76.5 Å². The Morgan fingerprint density at radius 3 is 2.64 bits per heavy atom. The summed E-state index contributed by atoms with van der Waals surface area (Å²) in [6.45, 7) is 3.18. The number of benzene rings is 2. The molecule has 0 aliphatic carbocycles. The first-order valence-corrected chi connectivity index (χ1v) is 13.7. The Morgan fingerprint density at radius 2 is 1.95 bits per heavy atom. The monoisotopic (exact) mass is 553 g/mol. The summed E-state index contributed by atoms with van der Waals surface area (Å²) >= 11 is 0. The van der Waals surface area contributed by atoms with Gasteiger partial charge in [-0.25, -0.2) is 18.1 Å². The molecule has 0 radical (unpaired) electrons. The molecule has 0 bridgehead atoms. The van der Waals surface area contributed by atoms with E-state index in [0.29, 0.717) is 11.1 Å². The smallest absolute Gasteiger partial charge is 0.304 e. The SMILES string of the molecule is COc1ncccc1S(=O)(=O)N(CCO)Cc1cc(C(CC(=O)O)c2ccc3c(nnn3C)c2C)ccc1C. The third-order valence-corrected chi connectivity index (χ3v) is 8.71. The van der Waals surface area contributed by atoms with Crippen molar-refractivity contribution < 1.29 is 28.2 Å². The van der Waals surface area contributed by atoms with E-state index in [1.54, 1.807) is 11.7 Å². The highest BCUT2D eigenvalue weighted by molar-refractivity contribution is 7.89. The third kappa shape index (κ3) is 5.63. The highest BCUT2D eigenvalue weighted by Crippen LogP contribution is 2.35. The molecule has 0 aliphatic rings. The Morgan fingerprint density at radius 1 is 1.18 bits per heavy atom. The number of rotatable bonds is 11. The minimum absolute atomic E-state index is 0.0391. The molecule has 11 nitrogen and oxygen atoms in total. The molecule has 2 N–H and O–H groups in total. The van der Waals surface area contributed by atoms with Gasteiger partial charge in [-0.1, -0.05) is 29.5 Å². The lowest BCUT2D eigenvalue weighted by atomic mass is 9.84. The summed E-state index contributed by atoms with van der Waals surface area (Å²) in [4.78, 5) is 15.8. The molecule has 4 aromatic rings. The van der Waals surface area contributed by atoms with Gasteiger partial charge in [-0.05, 0) is 59.9 Å². The molecule has 2 aromatic heterocycles. The average molecular weight is 554 g/mol. The van der Waals surface area contributed by atoms with E-state index in [1.165, 1.54) is 29.7 Å². The summed E-state index contributed by atoms with van der Waals surface area (Å²) < 4.78 is 35.2. The molecule has 206 valence electrons. The lowest BCUT2D eigenvalue weighted by Crippen LogP contribution is -2.33. The largest absolute Gasteiger partial charge is 0.481 e. The second kappa shape index (κ2) is 11.5. The first-order valence-electron chi connectivity index (χ1n) is 12.3. The number of aliphatic carboxylic acids is 1. The number of carbonyl (C=O) groups is 1. The zero-order valence-corrected chi connectivity index (χ0v) is 23.0. The van der Waals surface area contributed by atoms with Gasteiger partial charge in [-0.3, -0.25) is 4.79 Å². The Balaban J connectivity index is 1.77. The predicted molar refractivity (Wildman–Crippen MR) is 144 cm³/mol. The number of aliphatic hydroxyl groups is 1. The van der Waals surface area contributed by atoms with Crippen LogP contribution >= 0.6 is 0 Å². The summed E-state index contributed by atoms with van der Waals surface area (Å²) in [6, 6.07) is 12.2. The van der Waals surface area contributed by atoms with Crippen molar-refractivity contribution in [1.82, 2.24) is 24.3 Å². The first-order chi connectivity index (χ1) is 18.6. The second-order valence-electron chi connectivity index (χ2n) is 9.27. The van der Waals surface area contributed by atoms with Gasteiger partial charge >= 0.3 is 5.97 Å². The summed E-state index contributed by atoms with van der Waals surface area (Å²) in [6.07, 6.45) is 1.27. The molecule has 0 saturated carbocycles. The third-order valence-electron chi connectivity index (χ3n) is 6.85. The van der Waals surface area contributed by atoms with Crippen molar-refractivity contribution in [1.29, 1.82) is 0 Å². The topological polar surface area (TPSA) is 148 Å². The van der Waals surface area contributed by atoms with Crippen LogP contribution in [0.25, 0.3) is 11.0 Å². The minimum Gasteiger partial charge on any atom is -0.481 e. The number of fused-ring (bicyclic) bond motifs is 1. The summed E-state index contributed by atoms with van der Waals surface area (Å²) in [7, 11) is -0.944. The lowest BCUT2D eigenvalue weighted by Gasteiger charge is -2.24. The predicted octanol–water partition coefficient (Wildman–Crippen LogP) is 2.78. The van der Waals surface area contributed by atoms with Crippen LogP contribution < -0.4 is 4.74 Å². The van der Waals surface area contributed by atoms with Gasteiger partial charge in [0.1, 0.15) is 10.4 Å². The molecule has 2 aromatic carbocycles. The van der Waals surface area contributed by atoms with E-state index in [0.717, 1.165) is 27.8 Å². The van der Waals surface area contributed by atoms with E-state index in [1.807, 2.05) is 44.2 Å². The number of methoxy groups -OCH3 is 1. The highest BCUT2D eigenvalue weighted by Gasteiger charge is 2.29. The van der Waals surface area contributed by atoms with Crippen LogP contribution in [0.5, 0.6) is 5.88 Å². The molecular formula is C27H31N5O6S. The molecule has 1 unspecified atom stereocenters. The van der Waals surface area contributed by atoms with Gasteiger partial charge in [0.2, 0.25) is 15.9 Å². The number of carboxylic acids is 1. The van der Waals surface area contributed by atoms with Gasteiger partial charge in [-0.15, -0.1) is 5.10 Å². The lowest BCUT2D eigenvalue weighted by molar-refractivity contribution is -0.137. The van der Waals surface area contributed by atoms with Crippen LogP contribution in [0, 0.1) is 13.8 Å². The van der Waals surface area contributed by atoms with Gasteiger partial charge in [0.25, 0.3) is 0 Å². The molecule has 1 atom stereocenters. The van der Waals surface area contributed by atoms with Crippen LogP contribution in [-0.2, 0) is 28.4 Å². The van der Waals surface area contributed by atoms with Gasteiger partial charge < -0.3 is 14.9 Å². The van der Waals surface area contributed by atoms with Crippen LogP contribution in [0.1, 0.15) is 40.2 Å². The van der Waals surface area contributed by atoms with Crippen LogP contribution in [0.2, 0.25) is 0 Å². The molecule has 0 amide bonds. The Kier molecular flexibility index (Phi) is 8.28. The van der Waals surface area contributed by atoms with E-state index >= 15 is 0 Å². The maximum Gasteiger partial charge on any atom is 0.304 e. The molecule has 12 heteroatoms. The van der Waals surface area contributed by atoms with E-state index in [-0.39, 0.29) is 36.9 Å². The zero-order chi connectivity index (χ0) is 28.3. The molecule has 39 heavy (non-hydrogen) atoms. The Bertz CT molecular complexity index is 1620. The average Bonchev–Trinajstić information content (AvgIpc) is 3.29. The molecule has 0 aliphatic heterocycles. The maximum atomic E-state index is 13.6. The number of pyridine rings is 1. The fraction of sp³-hybridized carbons (Fsp3) is 0.333. The Hall–Kier alpha value is -3.87. The van der Waals surface area contributed by atoms with Crippen molar-refractivity contribution in [3.63, 3.8) is 0 Å². The maximum absolute atomic E-state index is 13.6. The molecule has 0 spiro atoms. The quantitative estimate of drug-likeness (QED) is 0.286. The number of nitrogens with zero attached hydrogens (tertiary/aromatic N) is 5. The number of hydrogen-bond donors (Lipinski definition) is 2. The zero-order valence-electron chi connectivity index (χ0n) is 22.2. The van der Waals surface area contributed by atoms with Crippen LogP contribution in [0.3, 0.4) is 0 Å². The normalized spacial score (nSPS) is 12.7. The summed E-state index contributed by atoms with van der Waals surface area (Å²) in [5, 5.41) is 27.8. The summed E-state index contributed by atoms with van der Waals surface area (Å²) in [5.41, 5.74) is 5.41. The van der Waals surface area contributed by atoms with Gasteiger partial charge in [0.05, 0.1) is 25.7 Å². The fourth-order valence-electron chi connectivity index (χ4n) is 4.74. The van der Waals surface area contributed by atoms with Crippen LogP contribution in [-0.4, -0.2) is 69.1 Å². The van der Waals surface area contributed by atoms with Gasteiger partial charge in [0, 0.05) is 32.3 Å². The van der Waals surface area contributed by atoms with Crippen LogP contribution in [0.4, 0.5) is 0 Å². The number of sulfonamides is 1. The number of hydrogen-bond acceptors (Lipinski definition) is 8. The minimum atomic E-state index is -4.08. The summed E-state index contributed by atoms with van der Waals surface area (Å²) in [5.74, 6) is -1.51. The standard InChI is InChI=1S/C27H31N5O6S/c1-17-7-8-19(22(15-25(34)35)21-9-10-23-26(18(21)2)29-30-31(23)3)14-20(17)16-32(12-13-33)39(36,37)24-6-5-11-28-27(24)38-4/h5-11,14,22,33H,12-13,15-16H2,1-4H3,(H,34,35). The number of ether oxygens (including phenoxy) is 1. The number of aromatic nitrogens is 4. The second-order valence-corrected chi connectivity index (χ2v) is 11.2. The highest BCUT2D eigenvalue weighted by atomic mass is 32.2. The Labute approximate surface area is 226 Å². The number of carboxylic acid groups (broad SMARTS) is 1. The van der Waals surface area contributed by atoms with Gasteiger partial charge in [0.15, 0.2) is 0 Å². The molecule has 0 fully saturated rings. The van der Waals surface area contributed by atoms with Crippen molar-refractivity contribution in [3.8, 4) is 5.88 Å². The van der Waals surface area contributed by atoms with E-state index in [2.05, 4.69) is 15.3 Å². The van der Waals surface area contributed by atoms with E-state index in [4.69, 9.17) is 4.74 Å². The first kappa shape index (κ1) is 28.1. The van der Waals surface area contributed by atoms with E-state index < -0.39 is 21.9 Å². The van der Waals surface area contributed by atoms with Crippen molar-refractivity contribution in [2.45, 2.75) is 37.6 Å².